The lowest BCUT2D eigenvalue weighted by atomic mass is 10.0. The molecule has 1 fully saturated rings. The van der Waals surface area contributed by atoms with Crippen LogP contribution in [0.2, 0.25) is 10.0 Å². The molecule has 2 unspecified atom stereocenters. The maximum atomic E-state index is 11.1. The Balaban J connectivity index is 1.65. The van der Waals surface area contributed by atoms with Gasteiger partial charge >= 0.3 is 5.97 Å². The summed E-state index contributed by atoms with van der Waals surface area (Å²) in [6.07, 6.45) is 2.16. The molecule has 0 amide bonds. The third-order valence-corrected chi connectivity index (χ3v) is 5.95. The summed E-state index contributed by atoms with van der Waals surface area (Å²) in [4.78, 5) is 20.0. The summed E-state index contributed by atoms with van der Waals surface area (Å²) in [6, 6.07) is 6.63. The van der Waals surface area contributed by atoms with Crippen molar-refractivity contribution in [2.75, 3.05) is 26.1 Å². The number of ether oxygens (including phenoxy) is 2. The third kappa shape index (κ3) is 4.19. The SMILES string of the molecule is COc1cc(OC)c(Cl)c(-c2ccc3nc(NC4CNC(C(=O)O)C4)ncc3c2)c1Cl. The topological polar surface area (TPSA) is 106 Å². The van der Waals surface area contributed by atoms with Gasteiger partial charge in [0.05, 0.1) is 29.8 Å². The number of rotatable bonds is 6. The zero-order chi connectivity index (χ0) is 22.1. The molecule has 3 aromatic rings. The first-order valence-electron chi connectivity index (χ1n) is 9.51. The molecule has 2 heterocycles. The zero-order valence-electron chi connectivity index (χ0n) is 16.8. The van der Waals surface area contributed by atoms with Crippen LogP contribution in [0.4, 0.5) is 5.95 Å². The van der Waals surface area contributed by atoms with Crippen molar-refractivity contribution in [1.82, 2.24) is 15.3 Å². The van der Waals surface area contributed by atoms with E-state index in [1.165, 1.54) is 14.2 Å². The zero-order valence-corrected chi connectivity index (χ0v) is 18.3. The van der Waals surface area contributed by atoms with Crippen molar-refractivity contribution < 1.29 is 19.4 Å². The first-order valence-corrected chi connectivity index (χ1v) is 10.3. The van der Waals surface area contributed by atoms with Crippen molar-refractivity contribution in [2.24, 2.45) is 0 Å². The number of aliphatic carboxylic acids is 1. The molecule has 162 valence electrons. The quantitative estimate of drug-likeness (QED) is 0.507. The monoisotopic (exact) mass is 462 g/mol. The van der Waals surface area contributed by atoms with Gasteiger partial charge in [-0.15, -0.1) is 0 Å². The molecular weight excluding hydrogens is 443 g/mol. The molecule has 0 spiro atoms. The Bertz CT molecular complexity index is 1130. The Kier molecular flexibility index (Phi) is 6.04. The number of halogens is 2. The van der Waals surface area contributed by atoms with Crippen LogP contribution >= 0.6 is 23.2 Å². The van der Waals surface area contributed by atoms with Crippen LogP contribution in [0.25, 0.3) is 22.0 Å². The molecule has 8 nitrogen and oxygen atoms in total. The van der Waals surface area contributed by atoms with Gasteiger partial charge in [0.1, 0.15) is 17.5 Å². The molecule has 2 atom stereocenters. The molecule has 1 aliphatic heterocycles. The van der Waals surface area contributed by atoms with Crippen LogP contribution in [-0.4, -0.2) is 53.9 Å². The largest absolute Gasteiger partial charge is 0.495 e. The average Bonchev–Trinajstić information content (AvgIpc) is 3.23. The number of fused-ring (bicyclic) bond motifs is 1. The van der Waals surface area contributed by atoms with Gasteiger partial charge in [-0.2, -0.15) is 0 Å². The number of carbonyl (C=O) groups is 1. The Labute approximate surface area is 188 Å². The predicted octanol–water partition coefficient (Wildman–Crippen LogP) is 3.85. The van der Waals surface area contributed by atoms with Crippen LogP contribution in [0.1, 0.15) is 6.42 Å². The molecule has 31 heavy (non-hydrogen) atoms. The van der Waals surface area contributed by atoms with Gasteiger partial charge in [-0.3, -0.25) is 4.79 Å². The first kappa shape index (κ1) is 21.4. The van der Waals surface area contributed by atoms with Crippen molar-refractivity contribution in [1.29, 1.82) is 0 Å². The van der Waals surface area contributed by atoms with E-state index in [-0.39, 0.29) is 6.04 Å². The molecule has 3 N–H and O–H groups in total. The fraction of sp³-hybridized carbons (Fsp3) is 0.286. The van der Waals surface area contributed by atoms with Crippen molar-refractivity contribution in [3.8, 4) is 22.6 Å². The van der Waals surface area contributed by atoms with Gasteiger partial charge in [-0.1, -0.05) is 29.3 Å². The Hall–Kier alpha value is -2.81. The molecule has 0 aliphatic carbocycles. The number of benzene rings is 2. The highest BCUT2D eigenvalue weighted by Gasteiger charge is 2.29. The standard InChI is InChI=1S/C21H20Cl2N4O4/c1-30-15-7-16(31-2)19(23)17(18(15)22)10-3-4-13-11(5-10)8-25-21(27-13)26-12-6-14(20(28)29)24-9-12/h3-5,7-8,12,14,24H,6,9H2,1-2H3,(H,28,29)(H,25,26,27). The lowest BCUT2D eigenvalue weighted by Crippen LogP contribution is -2.30. The Morgan fingerprint density at radius 2 is 1.90 bits per heavy atom. The molecule has 0 bridgehead atoms. The van der Waals surface area contributed by atoms with Gasteiger partial charge in [0.2, 0.25) is 5.95 Å². The molecule has 2 aromatic carbocycles. The van der Waals surface area contributed by atoms with E-state index in [2.05, 4.69) is 20.6 Å². The van der Waals surface area contributed by atoms with Crippen LogP contribution in [0, 0.1) is 0 Å². The number of methoxy groups -OCH3 is 2. The molecule has 1 aromatic heterocycles. The van der Waals surface area contributed by atoms with Crippen LogP contribution in [0.3, 0.4) is 0 Å². The summed E-state index contributed by atoms with van der Waals surface area (Å²) in [6.45, 7) is 0.534. The lowest BCUT2D eigenvalue weighted by molar-refractivity contribution is -0.139. The summed E-state index contributed by atoms with van der Waals surface area (Å²) in [5.74, 6) is 0.497. The van der Waals surface area contributed by atoms with E-state index < -0.39 is 12.0 Å². The smallest absolute Gasteiger partial charge is 0.320 e. The summed E-state index contributed by atoms with van der Waals surface area (Å²) in [7, 11) is 3.05. The van der Waals surface area contributed by atoms with Gasteiger partial charge < -0.3 is 25.2 Å². The van der Waals surface area contributed by atoms with Gasteiger partial charge in [0.15, 0.2) is 0 Å². The Morgan fingerprint density at radius 3 is 2.52 bits per heavy atom. The van der Waals surface area contributed by atoms with Crippen LogP contribution in [0.5, 0.6) is 11.5 Å². The predicted molar refractivity (Wildman–Crippen MR) is 120 cm³/mol. The second kappa shape index (κ2) is 8.74. The van der Waals surface area contributed by atoms with Crippen molar-refractivity contribution in [3.63, 3.8) is 0 Å². The van der Waals surface area contributed by atoms with Crippen molar-refractivity contribution >= 4 is 46.0 Å². The van der Waals surface area contributed by atoms with E-state index in [4.69, 9.17) is 37.8 Å². The van der Waals surface area contributed by atoms with Crippen molar-refractivity contribution in [2.45, 2.75) is 18.5 Å². The van der Waals surface area contributed by atoms with E-state index in [0.29, 0.717) is 46.0 Å². The highest BCUT2D eigenvalue weighted by molar-refractivity contribution is 6.41. The number of hydrogen-bond donors (Lipinski definition) is 3. The number of carboxylic acid groups (broad SMARTS) is 1. The van der Waals surface area contributed by atoms with Crippen LogP contribution in [-0.2, 0) is 4.79 Å². The van der Waals surface area contributed by atoms with Gasteiger partial charge in [0, 0.05) is 35.8 Å². The minimum atomic E-state index is -0.859. The maximum absolute atomic E-state index is 11.1. The lowest BCUT2D eigenvalue weighted by Gasteiger charge is -2.15. The van der Waals surface area contributed by atoms with Gasteiger partial charge in [0.25, 0.3) is 0 Å². The summed E-state index contributed by atoms with van der Waals surface area (Å²) >= 11 is 13.1. The van der Waals surface area contributed by atoms with Gasteiger partial charge in [-0.25, -0.2) is 9.97 Å². The van der Waals surface area contributed by atoms with E-state index in [1.807, 2.05) is 18.2 Å². The second-order valence-electron chi connectivity index (χ2n) is 7.13. The van der Waals surface area contributed by atoms with Crippen LogP contribution in [0.15, 0.2) is 30.5 Å². The number of nitrogens with one attached hydrogen (secondary N) is 2. The molecule has 1 saturated heterocycles. The number of anilines is 1. The molecule has 4 rings (SSSR count). The Morgan fingerprint density at radius 1 is 1.19 bits per heavy atom. The average molecular weight is 463 g/mol. The summed E-state index contributed by atoms with van der Waals surface area (Å²) in [5.41, 5.74) is 2.10. The van der Waals surface area contributed by atoms with Gasteiger partial charge in [-0.05, 0) is 24.1 Å². The van der Waals surface area contributed by atoms with E-state index in [9.17, 15) is 4.79 Å². The van der Waals surface area contributed by atoms with Crippen molar-refractivity contribution in [3.05, 3.63) is 40.5 Å². The summed E-state index contributed by atoms with van der Waals surface area (Å²) in [5, 5.41) is 16.8. The van der Waals surface area contributed by atoms with E-state index in [0.717, 1.165) is 16.5 Å². The molecular formula is C21H20Cl2N4O4. The minimum Gasteiger partial charge on any atom is -0.495 e. The van der Waals surface area contributed by atoms with E-state index >= 15 is 0 Å². The number of nitrogens with zero attached hydrogens (tertiary/aromatic N) is 2. The fourth-order valence-electron chi connectivity index (χ4n) is 3.61. The fourth-order valence-corrected chi connectivity index (χ4v) is 4.33. The van der Waals surface area contributed by atoms with Crippen LogP contribution < -0.4 is 20.1 Å². The summed E-state index contributed by atoms with van der Waals surface area (Å²) < 4.78 is 10.7. The normalized spacial score (nSPS) is 18.2. The highest BCUT2D eigenvalue weighted by atomic mass is 35.5. The maximum Gasteiger partial charge on any atom is 0.320 e. The number of hydrogen-bond acceptors (Lipinski definition) is 7. The highest BCUT2D eigenvalue weighted by Crippen LogP contribution is 2.46. The van der Waals surface area contributed by atoms with E-state index in [1.54, 1.807) is 12.3 Å². The molecule has 1 aliphatic rings. The molecule has 0 saturated carbocycles. The first-order chi connectivity index (χ1) is 14.9. The molecule has 0 radical (unpaired) electrons. The molecule has 10 heteroatoms. The third-order valence-electron chi connectivity index (χ3n) is 5.20. The number of carboxylic acids is 1. The number of aromatic nitrogens is 2. The second-order valence-corrected chi connectivity index (χ2v) is 7.88. The minimum absolute atomic E-state index is 0.0558.